The fourth-order valence-corrected chi connectivity index (χ4v) is 3.93. The first kappa shape index (κ1) is 22.5. The maximum absolute atomic E-state index is 6.23. The number of morpholine rings is 1. The van der Waals surface area contributed by atoms with Crippen LogP contribution in [0.1, 0.15) is 11.1 Å². The van der Waals surface area contributed by atoms with E-state index in [1.165, 1.54) is 5.69 Å². The minimum atomic E-state index is 0.248. The molecule has 1 saturated heterocycles. The minimum Gasteiger partial charge on any atom is -0.493 e. The first-order valence-corrected chi connectivity index (χ1v) is 11.1. The summed E-state index contributed by atoms with van der Waals surface area (Å²) < 4.78 is 16.8. The zero-order valence-electron chi connectivity index (χ0n) is 17.8. The van der Waals surface area contributed by atoms with Crippen LogP contribution in [0.5, 0.6) is 11.5 Å². The molecule has 0 radical (unpaired) electrons. The number of benzene rings is 3. The molecule has 3 aromatic carbocycles. The van der Waals surface area contributed by atoms with Gasteiger partial charge in [-0.1, -0.05) is 29.3 Å². The molecule has 7 heteroatoms. The van der Waals surface area contributed by atoms with Crippen LogP contribution in [-0.2, 0) is 11.3 Å². The highest BCUT2D eigenvalue weighted by molar-refractivity contribution is 6.35. The third-order valence-electron chi connectivity index (χ3n) is 5.21. The highest BCUT2D eigenvalue weighted by atomic mass is 35.5. The van der Waals surface area contributed by atoms with E-state index in [1.807, 2.05) is 30.3 Å². The minimum absolute atomic E-state index is 0.248. The lowest BCUT2D eigenvalue weighted by Gasteiger charge is -2.28. The van der Waals surface area contributed by atoms with Gasteiger partial charge in [0.05, 0.1) is 26.0 Å². The lowest BCUT2D eigenvalue weighted by molar-refractivity contribution is 0.122. The molecule has 0 N–H and O–H groups in total. The van der Waals surface area contributed by atoms with Gasteiger partial charge in [-0.05, 0) is 60.2 Å². The number of hydrogen-bond acceptors (Lipinski definition) is 5. The van der Waals surface area contributed by atoms with Gasteiger partial charge in [0.1, 0.15) is 6.61 Å². The smallest absolute Gasteiger partial charge is 0.161 e. The second-order valence-corrected chi connectivity index (χ2v) is 8.09. The Bertz CT molecular complexity index is 1060. The summed E-state index contributed by atoms with van der Waals surface area (Å²) in [5.74, 6) is 1.22. The number of rotatable bonds is 7. The van der Waals surface area contributed by atoms with Crippen molar-refractivity contribution in [2.24, 2.45) is 4.99 Å². The van der Waals surface area contributed by atoms with Gasteiger partial charge in [0.15, 0.2) is 11.5 Å². The second kappa shape index (κ2) is 10.7. The molecule has 0 amide bonds. The topological polar surface area (TPSA) is 43.3 Å². The van der Waals surface area contributed by atoms with E-state index in [0.29, 0.717) is 21.5 Å². The van der Waals surface area contributed by atoms with Crippen LogP contribution in [0.3, 0.4) is 0 Å². The summed E-state index contributed by atoms with van der Waals surface area (Å²) in [6.07, 6.45) is 1.81. The Kier molecular flexibility index (Phi) is 7.53. The van der Waals surface area contributed by atoms with E-state index in [1.54, 1.807) is 31.5 Å². The molecule has 166 valence electrons. The summed E-state index contributed by atoms with van der Waals surface area (Å²) in [6.45, 7) is 3.62. The number of methoxy groups -OCH3 is 1. The monoisotopic (exact) mass is 470 g/mol. The quantitative estimate of drug-likeness (QED) is 0.387. The van der Waals surface area contributed by atoms with Crippen molar-refractivity contribution in [3.63, 3.8) is 0 Å². The average Bonchev–Trinajstić information content (AvgIpc) is 2.83. The Morgan fingerprint density at radius 3 is 2.38 bits per heavy atom. The van der Waals surface area contributed by atoms with Gasteiger partial charge in [-0.15, -0.1) is 0 Å². The molecule has 0 aliphatic carbocycles. The van der Waals surface area contributed by atoms with Gasteiger partial charge in [-0.2, -0.15) is 0 Å². The zero-order valence-corrected chi connectivity index (χ0v) is 19.3. The molecular weight excluding hydrogens is 447 g/mol. The number of ether oxygens (including phenoxy) is 3. The number of halogens is 2. The van der Waals surface area contributed by atoms with Crippen molar-refractivity contribution >= 4 is 40.8 Å². The molecule has 1 aliphatic rings. The normalized spacial score (nSPS) is 14.0. The van der Waals surface area contributed by atoms with Crippen LogP contribution in [0.4, 0.5) is 11.4 Å². The van der Waals surface area contributed by atoms with E-state index < -0.39 is 0 Å². The predicted octanol–water partition coefficient (Wildman–Crippen LogP) is 6.17. The number of anilines is 1. The van der Waals surface area contributed by atoms with Crippen molar-refractivity contribution in [2.45, 2.75) is 6.61 Å². The first-order chi connectivity index (χ1) is 15.6. The standard InChI is InChI=1S/C25H24Cl2N2O3/c1-30-25-15-18(5-10-24(25)32-17-21-22(26)3-2-4-23(21)27)16-28-19-6-8-20(9-7-19)29-11-13-31-14-12-29/h2-10,15-16H,11-14,17H2,1H3. The molecule has 0 spiro atoms. The van der Waals surface area contributed by atoms with Crippen LogP contribution in [0.25, 0.3) is 0 Å². The second-order valence-electron chi connectivity index (χ2n) is 7.27. The maximum atomic E-state index is 6.23. The average molecular weight is 471 g/mol. The summed E-state index contributed by atoms with van der Waals surface area (Å²) in [5, 5.41) is 1.14. The molecule has 5 nitrogen and oxygen atoms in total. The summed E-state index contributed by atoms with van der Waals surface area (Å²) >= 11 is 12.5. The number of aliphatic imine (C=N–C) groups is 1. The van der Waals surface area contributed by atoms with Crippen LogP contribution in [0.2, 0.25) is 10.0 Å². The van der Waals surface area contributed by atoms with Gasteiger partial charge in [0, 0.05) is 40.6 Å². The van der Waals surface area contributed by atoms with E-state index in [9.17, 15) is 0 Å². The van der Waals surface area contributed by atoms with E-state index in [0.717, 1.165) is 43.1 Å². The number of nitrogens with zero attached hydrogens (tertiary/aromatic N) is 2. The third-order valence-corrected chi connectivity index (χ3v) is 5.92. The van der Waals surface area contributed by atoms with Crippen molar-refractivity contribution in [3.8, 4) is 11.5 Å². The van der Waals surface area contributed by atoms with Crippen molar-refractivity contribution < 1.29 is 14.2 Å². The van der Waals surface area contributed by atoms with Gasteiger partial charge in [0.2, 0.25) is 0 Å². The van der Waals surface area contributed by atoms with Crippen LogP contribution >= 0.6 is 23.2 Å². The number of hydrogen-bond donors (Lipinski definition) is 0. The fraction of sp³-hybridized carbons (Fsp3) is 0.240. The van der Waals surface area contributed by atoms with Crippen molar-refractivity contribution in [2.75, 3.05) is 38.3 Å². The summed E-state index contributed by atoms with van der Waals surface area (Å²) in [4.78, 5) is 6.90. The lowest BCUT2D eigenvalue weighted by Crippen LogP contribution is -2.36. The van der Waals surface area contributed by atoms with Crippen LogP contribution in [-0.4, -0.2) is 39.6 Å². The highest BCUT2D eigenvalue weighted by Gasteiger charge is 2.11. The van der Waals surface area contributed by atoms with Gasteiger partial charge < -0.3 is 19.1 Å². The maximum Gasteiger partial charge on any atom is 0.161 e. The van der Waals surface area contributed by atoms with E-state index in [-0.39, 0.29) is 6.61 Å². The van der Waals surface area contributed by atoms with Gasteiger partial charge in [0.25, 0.3) is 0 Å². The molecule has 0 aromatic heterocycles. The Balaban J connectivity index is 1.42. The molecule has 0 bridgehead atoms. The molecule has 1 heterocycles. The predicted molar refractivity (Wildman–Crippen MR) is 131 cm³/mol. The zero-order chi connectivity index (χ0) is 22.3. The van der Waals surface area contributed by atoms with Crippen LogP contribution < -0.4 is 14.4 Å². The molecule has 32 heavy (non-hydrogen) atoms. The molecule has 4 rings (SSSR count). The van der Waals surface area contributed by atoms with Crippen LogP contribution in [0.15, 0.2) is 65.7 Å². The van der Waals surface area contributed by atoms with Gasteiger partial charge in [-0.25, -0.2) is 0 Å². The van der Waals surface area contributed by atoms with E-state index in [2.05, 4.69) is 22.0 Å². The molecular formula is C25H24Cl2N2O3. The first-order valence-electron chi connectivity index (χ1n) is 10.3. The Morgan fingerprint density at radius 1 is 0.969 bits per heavy atom. The highest BCUT2D eigenvalue weighted by Crippen LogP contribution is 2.31. The molecule has 0 atom stereocenters. The molecule has 1 aliphatic heterocycles. The van der Waals surface area contributed by atoms with E-state index in [4.69, 9.17) is 37.4 Å². The fourth-order valence-electron chi connectivity index (χ4n) is 3.42. The van der Waals surface area contributed by atoms with Crippen molar-refractivity contribution in [3.05, 3.63) is 81.8 Å². The molecule has 1 fully saturated rings. The Morgan fingerprint density at radius 2 is 1.69 bits per heavy atom. The van der Waals surface area contributed by atoms with Crippen molar-refractivity contribution in [1.29, 1.82) is 0 Å². The molecule has 0 saturated carbocycles. The van der Waals surface area contributed by atoms with Crippen LogP contribution in [0, 0.1) is 0 Å². The van der Waals surface area contributed by atoms with Gasteiger partial charge in [-0.3, -0.25) is 4.99 Å². The van der Waals surface area contributed by atoms with Gasteiger partial charge >= 0.3 is 0 Å². The summed E-state index contributed by atoms with van der Waals surface area (Å²) in [7, 11) is 1.61. The third kappa shape index (κ3) is 5.54. The lowest BCUT2D eigenvalue weighted by atomic mass is 10.2. The van der Waals surface area contributed by atoms with Crippen molar-refractivity contribution in [1.82, 2.24) is 0 Å². The summed E-state index contributed by atoms with van der Waals surface area (Å²) in [5.41, 5.74) is 3.72. The SMILES string of the molecule is COc1cc(C=Nc2ccc(N3CCOCC3)cc2)ccc1OCc1c(Cl)cccc1Cl. The largest absolute Gasteiger partial charge is 0.493 e. The summed E-state index contributed by atoms with van der Waals surface area (Å²) in [6, 6.07) is 19.3. The Labute approximate surface area is 198 Å². The molecule has 3 aromatic rings. The molecule has 0 unspecified atom stereocenters. The Hall–Kier alpha value is -2.73. The van der Waals surface area contributed by atoms with E-state index >= 15 is 0 Å².